The van der Waals surface area contributed by atoms with Crippen molar-refractivity contribution in [3.05, 3.63) is 58.9 Å². The fourth-order valence-electron chi connectivity index (χ4n) is 3.30. The topological polar surface area (TPSA) is 39.9 Å². The third-order valence-electron chi connectivity index (χ3n) is 4.77. The number of carbonyl (C=O) groups is 1. The lowest BCUT2D eigenvalue weighted by molar-refractivity contribution is -0.123. The van der Waals surface area contributed by atoms with Crippen molar-refractivity contribution >= 4 is 46.0 Å². The molecule has 3 heterocycles. The van der Waals surface area contributed by atoms with Gasteiger partial charge in [-0.25, -0.2) is 0 Å². The molecule has 0 spiro atoms. The molecule has 5 nitrogen and oxygen atoms in total. The van der Waals surface area contributed by atoms with Crippen LogP contribution in [0.15, 0.2) is 52.0 Å². The van der Waals surface area contributed by atoms with Gasteiger partial charge in [-0.05, 0) is 36.8 Å². The van der Waals surface area contributed by atoms with E-state index in [0.29, 0.717) is 21.7 Å². The van der Waals surface area contributed by atoms with E-state index in [-0.39, 0.29) is 5.91 Å². The summed E-state index contributed by atoms with van der Waals surface area (Å²) in [7, 11) is 0. The Kier molecular flexibility index (Phi) is 5.33. The van der Waals surface area contributed by atoms with E-state index >= 15 is 0 Å². The van der Waals surface area contributed by atoms with Gasteiger partial charge in [0, 0.05) is 37.9 Å². The summed E-state index contributed by atoms with van der Waals surface area (Å²) in [5.41, 5.74) is 2.54. The number of thiocarbonyl (C=S) groups is 1. The van der Waals surface area contributed by atoms with Crippen molar-refractivity contribution in [1.29, 1.82) is 0 Å². The average molecular weight is 400 g/mol. The largest absolute Gasteiger partial charge is 0.465 e. The molecule has 1 aromatic heterocycles. The third kappa shape index (κ3) is 4.10. The van der Waals surface area contributed by atoms with Gasteiger partial charge in [0.15, 0.2) is 0 Å². The number of nitrogens with zero attached hydrogens (tertiary/aromatic N) is 3. The number of benzene rings is 1. The van der Waals surface area contributed by atoms with Crippen LogP contribution in [0.25, 0.3) is 6.08 Å². The number of hydrogen-bond donors (Lipinski definition) is 0. The minimum Gasteiger partial charge on any atom is -0.465 e. The molecular weight excluding hydrogens is 378 g/mol. The summed E-state index contributed by atoms with van der Waals surface area (Å²) in [6, 6.07) is 12.2. The number of hydrogen-bond acceptors (Lipinski definition) is 6. The van der Waals surface area contributed by atoms with Crippen LogP contribution < -0.4 is 4.90 Å². The standard InChI is InChI=1S/C20H21N3O2S2/c1-15-4-2-5-16(12-15)22-9-7-21(8-10-22)14-23-19(24)18(27-20(23)26)13-17-6-3-11-25-17/h2-6,11-13H,7-10,14H2,1H3/b18-13+. The van der Waals surface area contributed by atoms with Crippen LogP contribution in [0.3, 0.4) is 0 Å². The zero-order valence-corrected chi connectivity index (χ0v) is 16.8. The van der Waals surface area contributed by atoms with E-state index in [1.165, 1.54) is 23.0 Å². The maximum absolute atomic E-state index is 12.7. The predicted molar refractivity (Wildman–Crippen MR) is 114 cm³/mol. The number of rotatable bonds is 4. The Morgan fingerprint density at radius 2 is 2.00 bits per heavy atom. The first-order valence-electron chi connectivity index (χ1n) is 8.93. The van der Waals surface area contributed by atoms with E-state index < -0.39 is 0 Å². The van der Waals surface area contributed by atoms with Gasteiger partial charge in [-0.15, -0.1) is 0 Å². The highest BCUT2D eigenvalue weighted by Crippen LogP contribution is 2.32. The molecule has 0 aliphatic carbocycles. The lowest BCUT2D eigenvalue weighted by Crippen LogP contribution is -2.50. The SMILES string of the molecule is Cc1cccc(N2CCN(CN3C(=O)/C(=C\c4ccco4)SC3=S)CC2)c1. The van der Waals surface area contributed by atoms with Crippen molar-refractivity contribution in [1.82, 2.24) is 9.80 Å². The van der Waals surface area contributed by atoms with Gasteiger partial charge in [-0.1, -0.05) is 36.1 Å². The average Bonchev–Trinajstić information content (AvgIpc) is 3.27. The minimum absolute atomic E-state index is 0.0393. The molecule has 0 bridgehead atoms. The molecule has 27 heavy (non-hydrogen) atoms. The second-order valence-electron chi connectivity index (χ2n) is 6.71. The van der Waals surface area contributed by atoms with E-state index in [1.807, 2.05) is 6.07 Å². The van der Waals surface area contributed by atoms with Crippen LogP contribution in [0.5, 0.6) is 0 Å². The second-order valence-corrected chi connectivity index (χ2v) is 8.39. The quantitative estimate of drug-likeness (QED) is 0.578. The van der Waals surface area contributed by atoms with Crippen molar-refractivity contribution in [2.24, 2.45) is 0 Å². The summed E-state index contributed by atoms with van der Waals surface area (Å²) in [5, 5.41) is 0. The van der Waals surface area contributed by atoms with Crippen LogP contribution in [0.4, 0.5) is 5.69 Å². The van der Waals surface area contributed by atoms with Crippen molar-refractivity contribution < 1.29 is 9.21 Å². The predicted octanol–water partition coefficient (Wildman–Crippen LogP) is 3.57. The molecule has 0 atom stereocenters. The highest BCUT2D eigenvalue weighted by molar-refractivity contribution is 8.26. The van der Waals surface area contributed by atoms with Crippen LogP contribution in [-0.4, -0.2) is 52.9 Å². The summed E-state index contributed by atoms with van der Waals surface area (Å²) in [4.78, 5) is 19.7. The molecule has 0 radical (unpaired) electrons. The number of piperazine rings is 1. The second kappa shape index (κ2) is 7.88. The fraction of sp³-hybridized carbons (Fsp3) is 0.300. The molecule has 1 amide bonds. The third-order valence-corrected chi connectivity index (χ3v) is 6.15. The minimum atomic E-state index is -0.0393. The molecule has 7 heteroatoms. The maximum atomic E-state index is 12.7. The summed E-state index contributed by atoms with van der Waals surface area (Å²) >= 11 is 6.77. The molecule has 2 aromatic rings. The smallest absolute Gasteiger partial charge is 0.267 e. The molecule has 2 fully saturated rings. The molecule has 2 saturated heterocycles. The van der Waals surface area contributed by atoms with Gasteiger partial charge in [0.05, 0.1) is 17.8 Å². The molecule has 140 valence electrons. The maximum Gasteiger partial charge on any atom is 0.267 e. The molecule has 0 N–H and O–H groups in total. The Hall–Kier alpha value is -2.09. The molecule has 1 aromatic carbocycles. The van der Waals surface area contributed by atoms with Crippen LogP contribution in [0.2, 0.25) is 0 Å². The van der Waals surface area contributed by atoms with Crippen LogP contribution in [0.1, 0.15) is 11.3 Å². The molecule has 4 rings (SSSR count). The lowest BCUT2D eigenvalue weighted by Gasteiger charge is -2.37. The number of carbonyl (C=O) groups excluding carboxylic acids is 1. The number of furan rings is 1. The number of thioether (sulfide) groups is 1. The Balaban J connectivity index is 1.36. The highest BCUT2D eigenvalue weighted by atomic mass is 32.2. The Bertz CT molecular complexity index is 871. The van der Waals surface area contributed by atoms with Crippen molar-refractivity contribution in [3.63, 3.8) is 0 Å². The van der Waals surface area contributed by atoms with Gasteiger partial charge in [0.1, 0.15) is 10.1 Å². The first-order valence-corrected chi connectivity index (χ1v) is 10.2. The molecule has 2 aliphatic heterocycles. The van der Waals surface area contributed by atoms with Gasteiger partial charge in [-0.3, -0.25) is 14.6 Å². The van der Waals surface area contributed by atoms with Crippen molar-refractivity contribution in [2.45, 2.75) is 6.92 Å². The van der Waals surface area contributed by atoms with Crippen molar-refractivity contribution in [2.75, 3.05) is 37.7 Å². The van der Waals surface area contributed by atoms with E-state index in [1.54, 1.807) is 23.3 Å². The number of anilines is 1. The van der Waals surface area contributed by atoms with Crippen LogP contribution >= 0.6 is 24.0 Å². The molecule has 0 saturated carbocycles. The van der Waals surface area contributed by atoms with Crippen LogP contribution in [0, 0.1) is 6.92 Å². The van der Waals surface area contributed by atoms with Crippen LogP contribution in [-0.2, 0) is 4.79 Å². The van der Waals surface area contributed by atoms with E-state index in [9.17, 15) is 4.79 Å². The zero-order valence-electron chi connectivity index (χ0n) is 15.1. The Morgan fingerprint density at radius 1 is 1.19 bits per heavy atom. The molecular formula is C20H21N3O2S2. The van der Waals surface area contributed by atoms with Gasteiger partial charge >= 0.3 is 0 Å². The summed E-state index contributed by atoms with van der Waals surface area (Å²) in [6.07, 6.45) is 3.36. The lowest BCUT2D eigenvalue weighted by atomic mass is 10.2. The fourth-order valence-corrected chi connectivity index (χ4v) is 4.52. The Morgan fingerprint density at radius 3 is 2.70 bits per heavy atom. The van der Waals surface area contributed by atoms with Crippen molar-refractivity contribution in [3.8, 4) is 0 Å². The van der Waals surface area contributed by atoms with Gasteiger partial charge in [0.25, 0.3) is 5.91 Å². The first kappa shape index (κ1) is 18.3. The van der Waals surface area contributed by atoms with Gasteiger partial charge in [0.2, 0.25) is 0 Å². The summed E-state index contributed by atoms with van der Waals surface area (Å²) in [5.74, 6) is 0.629. The summed E-state index contributed by atoms with van der Waals surface area (Å²) < 4.78 is 5.92. The number of amides is 1. The molecule has 0 unspecified atom stereocenters. The highest BCUT2D eigenvalue weighted by Gasteiger charge is 2.34. The van der Waals surface area contributed by atoms with Gasteiger partial charge < -0.3 is 9.32 Å². The van der Waals surface area contributed by atoms with E-state index in [4.69, 9.17) is 16.6 Å². The zero-order chi connectivity index (χ0) is 18.8. The number of aryl methyl sites for hydroxylation is 1. The normalized spacial score (nSPS) is 20.1. The Labute approximate surface area is 168 Å². The summed E-state index contributed by atoms with van der Waals surface area (Å²) in [6.45, 7) is 6.36. The van der Waals surface area contributed by atoms with E-state index in [0.717, 1.165) is 26.2 Å². The molecule has 2 aliphatic rings. The monoisotopic (exact) mass is 399 g/mol. The first-order chi connectivity index (χ1) is 13.1. The van der Waals surface area contributed by atoms with E-state index in [2.05, 4.69) is 41.0 Å². The van der Waals surface area contributed by atoms with Gasteiger partial charge in [-0.2, -0.15) is 0 Å².